The average Bonchev–Trinajstić information content (AvgIpc) is 3.95. The number of likely N-dealkylation sites (tertiary alicyclic amines) is 1. The first-order chi connectivity index (χ1) is 22.2. The van der Waals surface area contributed by atoms with E-state index in [-0.39, 0.29) is 42.4 Å². The van der Waals surface area contributed by atoms with Crippen LogP contribution in [0.3, 0.4) is 0 Å². The van der Waals surface area contributed by atoms with Crippen molar-refractivity contribution in [1.82, 2.24) is 10.2 Å². The molecule has 0 radical (unpaired) electrons. The largest absolute Gasteiger partial charge is 0.476 e. The number of piperidine rings is 1. The van der Waals surface area contributed by atoms with Crippen LogP contribution in [0.4, 0.5) is 16.2 Å². The summed E-state index contributed by atoms with van der Waals surface area (Å²) >= 11 is 0. The number of nitrogens with one attached hydrogen (secondary N) is 1. The highest BCUT2D eigenvalue weighted by molar-refractivity contribution is 6.04. The molecule has 0 bridgehead atoms. The van der Waals surface area contributed by atoms with Crippen LogP contribution in [0.2, 0.25) is 0 Å². The first kappa shape index (κ1) is 34.9. The maximum Gasteiger partial charge on any atom is 0.410 e. The van der Waals surface area contributed by atoms with E-state index in [1.807, 2.05) is 32.0 Å². The van der Waals surface area contributed by atoms with E-state index in [9.17, 15) is 19.2 Å². The smallest absolute Gasteiger partial charge is 0.410 e. The summed E-state index contributed by atoms with van der Waals surface area (Å²) in [5.41, 5.74) is -0.918. The van der Waals surface area contributed by atoms with Gasteiger partial charge in [0.15, 0.2) is 5.60 Å². The number of nitrogens with zero attached hydrogens (tertiary/aromatic N) is 3. The van der Waals surface area contributed by atoms with Gasteiger partial charge in [-0.3, -0.25) is 14.4 Å². The van der Waals surface area contributed by atoms with Crippen molar-refractivity contribution in [3.63, 3.8) is 0 Å². The van der Waals surface area contributed by atoms with Gasteiger partial charge in [0.25, 0.3) is 5.91 Å². The fraction of sp³-hybridized carbons (Fsp3) is 0.714. The lowest BCUT2D eigenvalue weighted by Gasteiger charge is -2.40. The van der Waals surface area contributed by atoms with Crippen molar-refractivity contribution < 1.29 is 38.1 Å². The van der Waals surface area contributed by atoms with Crippen molar-refractivity contribution >= 4 is 35.2 Å². The molecule has 2 atom stereocenters. The van der Waals surface area contributed by atoms with Crippen LogP contribution in [-0.2, 0) is 28.6 Å². The highest BCUT2D eigenvalue weighted by Crippen LogP contribution is 2.43. The molecular weight excluding hydrogens is 604 g/mol. The van der Waals surface area contributed by atoms with Crippen LogP contribution in [0.15, 0.2) is 18.2 Å². The Morgan fingerprint density at radius 1 is 1.04 bits per heavy atom. The predicted molar refractivity (Wildman–Crippen MR) is 177 cm³/mol. The maximum atomic E-state index is 14.5. The third-order valence-corrected chi connectivity index (χ3v) is 9.10. The van der Waals surface area contributed by atoms with Crippen molar-refractivity contribution in [2.24, 2.45) is 11.8 Å². The second-order valence-electron chi connectivity index (χ2n) is 14.8. The predicted octanol–water partition coefficient (Wildman–Crippen LogP) is 4.28. The number of carbonyl (C=O) groups excluding carboxylic acids is 4. The van der Waals surface area contributed by atoms with Crippen LogP contribution in [0.1, 0.15) is 80.6 Å². The number of benzene rings is 1. The Kier molecular flexibility index (Phi) is 10.1. The molecule has 5 rings (SSSR count). The van der Waals surface area contributed by atoms with Crippen LogP contribution in [-0.4, -0.2) is 97.6 Å². The van der Waals surface area contributed by atoms with Crippen molar-refractivity contribution in [2.45, 2.75) is 103 Å². The molecule has 4 amide bonds. The second kappa shape index (κ2) is 13.6. The zero-order valence-corrected chi connectivity index (χ0v) is 29.1. The number of amides is 4. The minimum Gasteiger partial charge on any atom is -0.476 e. The van der Waals surface area contributed by atoms with Gasteiger partial charge in [0.05, 0.1) is 36.3 Å². The van der Waals surface area contributed by atoms with Crippen molar-refractivity contribution in [2.75, 3.05) is 55.9 Å². The third-order valence-electron chi connectivity index (χ3n) is 9.10. The summed E-state index contributed by atoms with van der Waals surface area (Å²) in [6, 6.07) is 5.49. The number of anilines is 2. The number of ether oxygens (including phenoxy) is 4. The molecule has 2 saturated carbocycles. The van der Waals surface area contributed by atoms with Gasteiger partial charge < -0.3 is 39.0 Å². The van der Waals surface area contributed by atoms with Gasteiger partial charge in [-0.15, -0.1) is 0 Å². The Morgan fingerprint density at radius 2 is 1.72 bits per heavy atom. The van der Waals surface area contributed by atoms with Gasteiger partial charge >= 0.3 is 6.09 Å². The van der Waals surface area contributed by atoms with Gasteiger partial charge in [-0.2, -0.15) is 0 Å². The first-order valence-electron chi connectivity index (χ1n) is 17.1. The summed E-state index contributed by atoms with van der Waals surface area (Å²) in [7, 11) is 0. The normalized spacial score (nSPS) is 23.0. The van der Waals surface area contributed by atoms with E-state index in [1.54, 1.807) is 44.4 Å². The molecule has 1 N–H and O–H groups in total. The van der Waals surface area contributed by atoms with E-state index in [0.29, 0.717) is 56.5 Å². The summed E-state index contributed by atoms with van der Waals surface area (Å²) in [6.45, 7) is 15.3. The lowest BCUT2D eigenvalue weighted by molar-refractivity contribution is -0.133. The Balaban J connectivity index is 1.42. The molecule has 12 nitrogen and oxygen atoms in total. The monoisotopic (exact) mass is 656 g/mol. The number of rotatable bonds is 12. The number of hydrogen-bond donors (Lipinski definition) is 1. The molecule has 0 spiro atoms. The molecular formula is C35H52N4O8. The third kappa shape index (κ3) is 8.20. The van der Waals surface area contributed by atoms with E-state index in [2.05, 4.69) is 5.32 Å². The Morgan fingerprint density at radius 3 is 2.34 bits per heavy atom. The van der Waals surface area contributed by atoms with E-state index >= 15 is 0 Å². The fourth-order valence-electron chi connectivity index (χ4n) is 6.34. The van der Waals surface area contributed by atoms with Crippen molar-refractivity contribution in [1.29, 1.82) is 0 Å². The van der Waals surface area contributed by atoms with Gasteiger partial charge in [0.2, 0.25) is 11.8 Å². The SMILES string of the molecule is CCOCCN1C(=O)C(C)(C)Oc2ccc(N(C(=O)[C@@H]3C[C@H](C(=O)NC4(COCC)CC4)CN(C(=O)OC(C)(C)C)C3)C3CC3)cc21. The molecule has 2 heterocycles. The van der Waals surface area contributed by atoms with Crippen LogP contribution in [0, 0.1) is 11.8 Å². The van der Waals surface area contributed by atoms with Crippen molar-refractivity contribution in [3.05, 3.63) is 18.2 Å². The second-order valence-corrected chi connectivity index (χ2v) is 14.8. The van der Waals surface area contributed by atoms with Gasteiger partial charge in [-0.1, -0.05) is 0 Å². The summed E-state index contributed by atoms with van der Waals surface area (Å²) in [5.74, 6) is -1.17. The molecule has 3 fully saturated rings. The summed E-state index contributed by atoms with van der Waals surface area (Å²) < 4.78 is 23.0. The van der Waals surface area contributed by atoms with Crippen LogP contribution in [0.5, 0.6) is 5.75 Å². The zero-order chi connectivity index (χ0) is 34.1. The quantitative estimate of drug-likeness (QED) is 0.331. The average molecular weight is 657 g/mol. The minimum atomic E-state index is -1.04. The Bertz CT molecular complexity index is 1350. The highest BCUT2D eigenvalue weighted by atomic mass is 16.6. The van der Waals surface area contributed by atoms with Gasteiger partial charge in [0.1, 0.15) is 11.4 Å². The maximum absolute atomic E-state index is 14.5. The number of hydrogen-bond acceptors (Lipinski definition) is 8. The molecule has 0 aromatic heterocycles. The van der Waals surface area contributed by atoms with Crippen LogP contribution in [0.25, 0.3) is 0 Å². The zero-order valence-electron chi connectivity index (χ0n) is 29.1. The molecule has 0 unspecified atom stereocenters. The van der Waals surface area contributed by atoms with Gasteiger partial charge in [-0.05, 0) is 98.8 Å². The van der Waals surface area contributed by atoms with E-state index < -0.39 is 29.1 Å². The van der Waals surface area contributed by atoms with Crippen LogP contribution >= 0.6 is 0 Å². The molecule has 2 aliphatic carbocycles. The van der Waals surface area contributed by atoms with Gasteiger partial charge in [0, 0.05) is 44.6 Å². The molecule has 1 saturated heterocycles. The number of fused-ring (bicyclic) bond motifs is 1. The Labute approximate surface area is 278 Å². The molecule has 4 aliphatic rings. The topological polar surface area (TPSA) is 127 Å². The molecule has 1 aromatic carbocycles. The molecule has 260 valence electrons. The standard InChI is InChI=1S/C35H52N4O8/c1-8-44-17-16-38-27-19-26(12-13-28(27)46-34(6,7)31(38)42)39(25-10-11-25)30(41)24-18-23(20-37(21-24)32(43)47-33(3,4)5)29(40)36-35(14-15-35)22-45-9-2/h12-13,19,23-25H,8-11,14-18,20-22H2,1-7H3,(H,36,40)/t23-,24+/m0/s1. The Hall–Kier alpha value is -3.38. The first-order valence-corrected chi connectivity index (χ1v) is 17.1. The molecule has 1 aromatic rings. The number of carbonyl (C=O) groups is 4. The van der Waals surface area contributed by atoms with E-state index in [0.717, 1.165) is 25.7 Å². The van der Waals surface area contributed by atoms with Crippen molar-refractivity contribution in [3.8, 4) is 5.75 Å². The fourth-order valence-corrected chi connectivity index (χ4v) is 6.34. The lowest BCUT2D eigenvalue weighted by Crippen LogP contribution is -2.55. The molecule has 2 aliphatic heterocycles. The lowest BCUT2D eigenvalue weighted by atomic mass is 9.87. The summed E-state index contributed by atoms with van der Waals surface area (Å²) in [4.78, 5) is 60.0. The van der Waals surface area contributed by atoms with Crippen LogP contribution < -0.4 is 19.9 Å². The molecule has 47 heavy (non-hydrogen) atoms. The summed E-state index contributed by atoms with van der Waals surface area (Å²) in [5, 5.41) is 3.18. The summed E-state index contributed by atoms with van der Waals surface area (Å²) in [6.07, 6.45) is 3.11. The van der Waals surface area contributed by atoms with Gasteiger partial charge in [-0.25, -0.2) is 4.79 Å². The molecule has 12 heteroatoms. The van der Waals surface area contributed by atoms with E-state index in [1.165, 1.54) is 4.90 Å². The highest BCUT2D eigenvalue weighted by Gasteiger charge is 2.48. The van der Waals surface area contributed by atoms with E-state index in [4.69, 9.17) is 18.9 Å². The minimum absolute atomic E-state index is 0.0146.